The number of ether oxygens (including phenoxy) is 1. The summed E-state index contributed by atoms with van der Waals surface area (Å²) in [6.07, 6.45) is 4.50. The molecule has 33 heavy (non-hydrogen) atoms. The second kappa shape index (κ2) is 10.4. The van der Waals surface area contributed by atoms with Gasteiger partial charge in [-0.1, -0.05) is 30.1 Å². The number of piperidine rings is 1. The molecule has 8 nitrogen and oxygen atoms in total. The van der Waals surface area contributed by atoms with Gasteiger partial charge in [-0.05, 0) is 38.3 Å². The Balaban J connectivity index is 2.05. The molecule has 1 aromatic heterocycles. The molecule has 174 valence electrons. The smallest absolute Gasteiger partial charge is 0.309 e. The first-order valence-electron chi connectivity index (χ1n) is 10.7. The quantitative estimate of drug-likeness (QED) is 0.262. The minimum atomic E-state index is -0.395. The molecule has 0 aliphatic carbocycles. The van der Waals surface area contributed by atoms with E-state index in [0.717, 1.165) is 0 Å². The number of anilines is 1. The molecule has 3 heterocycles. The summed E-state index contributed by atoms with van der Waals surface area (Å²) in [5.41, 5.74) is 0.781. The van der Waals surface area contributed by atoms with Crippen LogP contribution in [-0.4, -0.2) is 51.9 Å². The molecule has 0 N–H and O–H groups in total. The van der Waals surface area contributed by atoms with Gasteiger partial charge in [-0.3, -0.25) is 23.9 Å². The summed E-state index contributed by atoms with van der Waals surface area (Å²) in [6.45, 7) is 8.91. The lowest BCUT2D eigenvalue weighted by molar-refractivity contribution is -0.148. The molecule has 0 unspecified atom stereocenters. The standard InChI is InChI=1S/C23H26N4O4S2/c1-5-9-27-21(29)18(33-23(27)32)12-16-14(3)17(13-24)20(28)25(4)19(16)26-10-7-15(8-11-26)22(30)31-6-2/h5,12,15H,1,6-11H2,2-4H3. The highest BCUT2D eigenvalue weighted by atomic mass is 32.2. The maximum absolute atomic E-state index is 12.9. The molecule has 10 heteroatoms. The van der Waals surface area contributed by atoms with Crippen molar-refractivity contribution in [2.24, 2.45) is 13.0 Å². The van der Waals surface area contributed by atoms with Crippen molar-refractivity contribution in [3.05, 3.63) is 44.6 Å². The van der Waals surface area contributed by atoms with Crippen molar-refractivity contribution in [3.63, 3.8) is 0 Å². The highest BCUT2D eigenvalue weighted by Crippen LogP contribution is 2.36. The van der Waals surface area contributed by atoms with Crippen LogP contribution in [-0.2, 0) is 21.4 Å². The van der Waals surface area contributed by atoms with Gasteiger partial charge in [-0.15, -0.1) is 6.58 Å². The van der Waals surface area contributed by atoms with Crippen LogP contribution in [0.1, 0.15) is 36.5 Å². The van der Waals surface area contributed by atoms with Crippen LogP contribution in [0.25, 0.3) is 6.08 Å². The van der Waals surface area contributed by atoms with Crippen LogP contribution in [0, 0.1) is 24.2 Å². The van der Waals surface area contributed by atoms with E-state index in [1.807, 2.05) is 11.0 Å². The highest BCUT2D eigenvalue weighted by molar-refractivity contribution is 8.26. The SMILES string of the molecule is C=CCN1C(=O)C(=Cc2c(C)c(C#N)c(=O)n(C)c2N2CCC(C(=O)OCC)CC2)SC1=S. The van der Waals surface area contributed by atoms with Crippen molar-refractivity contribution in [2.45, 2.75) is 26.7 Å². The molecular formula is C23H26N4O4S2. The van der Waals surface area contributed by atoms with Gasteiger partial charge in [0, 0.05) is 32.2 Å². The van der Waals surface area contributed by atoms with E-state index in [-0.39, 0.29) is 23.4 Å². The minimum absolute atomic E-state index is 0.0375. The van der Waals surface area contributed by atoms with Gasteiger partial charge in [0.1, 0.15) is 21.8 Å². The Morgan fingerprint density at radius 3 is 2.61 bits per heavy atom. The Kier molecular flexibility index (Phi) is 7.76. The molecule has 3 rings (SSSR count). The number of nitriles is 1. The van der Waals surface area contributed by atoms with Crippen molar-refractivity contribution < 1.29 is 14.3 Å². The summed E-state index contributed by atoms with van der Waals surface area (Å²) in [6, 6.07) is 2.00. The van der Waals surface area contributed by atoms with Crippen molar-refractivity contribution >= 4 is 52.1 Å². The molecule has 0 bridgehead atoms. The molecule has 2 fully saturated rings. The van der Waals surface area contributed by atoms with Gasteiger partial charge in [0.25, 0.3) is 11.5 Å². The highest BCUT2D eigenvalue weighted by Gasteiger charge is 2.33. The fraction of sp³-hybridized carbons (Fsp3) is 0.435. The van der Waals surface area contributed by atoms with Gasteiger partial charge in [0.05, 0.1) is 17.4 Å². The van der Waals surface area contributed by atoms with Crippen molar-refractivity contribution in [1.29, 1.82) is 5.26 Å². The van der Waals surface area contributed by atoms with Crippen LogP contribution >= 0.6 is 24.0 Å². The van der Waals surface area contributed by atoms with Crippen LogP contribution in [0.4, 0.5) is 5.82 Å². The first-order chi connectivity index (χ1) is 15.7. The third-order valence-corrected chi connectivity index (χ3v) is 7.22. The molecule has 2 aliphatic rings. The number of nitrogens with zero attached hydrogens (tertiary/aromatic N) is 4. The lowest BCUT2D eigenvalue weighted by Gasteiger charge is -2.35. The number of carbonyl (C=O) groups excluding carboxylic acids is 2. The number of thioether (sulfide) groups is 1. The first kappa shape index (κ1) is 24.7. The van der Waals surface area contributed by atoms with E-state index in [1.54, 1.807) is 33.0 Å². The second-order valence-electron chi connectivity index (χ2n) is 7.81. The molecule has 0 radical (unpaired) electrons. The van der Waals surface area contributed by atoms with E-state index in [4.69, 9.17) is 17.0 Å². The summed E-state index contributed by atoms with van der Waals surface area (Å²) in [4.78, 5) is 41.9. The van der Waals surface area contributed by atoms with E-state index in [9.17, 15) is 19.6 Å². The normalized spacial score (nSPS) is 18.1. The molecule has 2 aliphatic heterocycles. The number of esters is 1. The topological polar surface area (TPSA) is 95.6 Å². The summed E-state index contributed by atoms with van der Waals surface area (Å²) in [5.74, 6) is 0.000837. The fourth-order valence-electron chi connectivity index (χ4n) is 4.10. The summed E-state index contributed by atoms with van der Waals surface area (Å²) < 4.78 is 7.04. The Hall–Kier alpha value is -2.90. The van der Waals surface area contributed by atoms with Gasteiger partial charge < -0.3 is 9.64 Å². The number of carbonyl (C=O) groups is 2. The van der Waals surface area contributed by atoms with Gasteiger partial charge in [-0.2, -0.15) is 5.26 Å². The molecule has 2 saturated heterocycles. The molecule has 0 aromatic carbocycles. The monoisotopic (exact) mass is 486 g/mol. The number of aromatic nitrogens is 1. The van der Waals surface area contributed by atoms with Crippen LogP contribution in [0.2, 0.25) is 0 Å². The number of thiocarbonyl (C=S) groups is 1. The summed E-state index contributed by atoms with van der Waals surface area (Å²) in [7, 11) is 1.62. The Morgan fingerprint density at radius 1 is 1.36 bits per heavy atom. The molecule has 1 aromatic rings. The zero-order chi connectivity index (χ0) is 24.3. The van der Waals surface area contributed by atoms with Crippen LogP contribution in [0.3, 0.4) is 0 Å². The van der Waals surface area contributed by atoms with Crippen LogP contribution in [0.15, 0.2) is 22.4 Å². The lowest BCUT2D eigenvalue weighted by Crippen LogP contribution is -2.40. The number of pyridine rings is 1. The van der Waals surface area contributed by atoms with E-state index in [2.05, 4.69) is 6.58 Å². The predicted octanol–water partition coefficient (Wildman–Crippen LogP) is 2.73. The number of hydrogen-bond donors (Lipinski definition) is 0. The average Bonchev–Trinajstić information content (AvgIpc) is 3.06. The molecule has 1 amide bonds. The zero-order valence-electron chi connectivity index (χ0n) is 18.9. The van der Waals surface area contributed by atoms with E-state index < -0.39 is 5.56 Å². The third kappa shape index (κ3) is 4.75. The lowest BCUT2D eigenvalue weighted by atomic mass is 9.95. The Bertz CT molecular complexity index is 1140. The van der Waals surface area contributed by atoms with Gasteiger partial charge in [0.2, 0.25) is 0 Å². The van der Waals surface area contributed by atoms with Crippen molar-refractivity contribution in [3.8, 4) is 6.07 Å². The summed E-state index contributed by atoms with van der Waals surface area (Å²) in [5, 5.41) is 9.60. The van der Waals surface area contributed by atoms with Crippen LogP contribution < -0.4 is 10.5 Å². The first-order valence-corrected chi connectivity index (χ1v) is 11.9. The molecule has 0 saturated carbocycles. The van der Waals surface area contributed by atoms with E-state index in [1.165, 1.54) is 21.2 Å². The fourth-order valence-corrected chi connectivity index (χ4v) is 5.36. The number of hydrogen-bond acceptors (Lipinski definition) is 8. The number of rotatable bonds is 6. The Labute approximate surface area is 202 Å². The maximum atomic E-state index is 12.9. The van der Waals surface area contributed by atoms with Gasteiger partial charge in [-0.25, -0.2) is 0 Å². The van der Waals surface area contributed by atoms with Crippen molar-refractivity contribution in [1.82, 2.24) is 9.47 Å². The predicted molar refractivity (Wildman–Crippen MR) is 133 cm³/mol. The second-order valence-corrected chi connectivity index (χ2v) is 9.48. The van der Waals surface area contributed by atoms with Gasteiger partial charge >= 0.3 is 5.97 Å². The van der Waals surface area contributed by atoms with E-state index >= 15 is 0 Å². The minimum Gasteiger partial charge on any atom is -0.466 e. The maximum Gasteiger partial charge on any atom is 0.309 e. The van der Waals surface area contributed by atoms with E-state index in [0.29, 0.717) is 65.3 Å². The zero-order valence-corrected chi connectivity index (χ0v) is 20.6. The largest absolute Gasteiger partial charge is 0.466 e. The molecular weight excluding hydrogens is 460 g/mol. The molecule has 0 atom stereocenters. The van der Waals surface area contributed by atoms with Crippen molar-refractivity contribution in [2.75, 3.05) is 31.1 Å². The van der Waals surface area contributed by atoms with Gasteiger partial charge in [0.15, 0.2) is 0 Å². The third-order valence-electron chi connectivity index (χ3n) is 5.84. The average molecular weight is 487 g/mol. The molecule has 0 spiro atoms. The number of amides is 1. The Morgan fingerprint density at radius 2 is 2.03 bits per heavy atom. The van der Waals surface area contributed by atoms with Crippen LogP contribution in [0.5, 0.6) is 0 Å². The summed E-state index contributed by atoms with van der Waals surface area (Å²) >= 11 is 6.52.